The van der Waals surface area contributed by atoms with E-state index in [-0.39, 0.29) is 37.5 Å². The molecule has 13 N–H and O–H groups in total. The van der Waals surface area contributed by atoms with E-state index in [1.54, 1.807) is 20.0 Å². The molecule has 3 aromatic rings. The first-order valence-corrected chi connectivity index (χ1v) is 20.5. The second-order valence-corrected chi connectivity index (χ2v) is 16.5. The molecule has 7 atom stereocenters. The molecule has 0 aliphatic carbocycles. The van der Waals surface area contributed by atoms with Gasteiger partial charge < -0.3 is 52.7 Å². The van der Waals surface area contributed by atoms with Crippen LogP contribution in [0.3, 0.4) is 0 Å². The Balaban J connectivity index is 1.61. The molecular formula is C41H63N11O9. The Bertz CT molecular complexity index is 1930. The SMILES string of the molecule is CC(C)C[C@H](NC(=O)C[C@H](O)[C@H](CC(C)C)NC(=O)[C@H](Cc1cnc[nH]1)NC(=O)CNC(=O)[C@@H](NC(=O)[C@H](C)NC(=O)[C@@H](N)Cc1c[nH]c2ccccc12)C(C)C)C(=O)NO. The van der Waals surface area contributed by atoms with Crippen molar-refractivity contribution in [1.82, 2.24) is 52.3 Å². The van der Waals surface area contributed by atoms with Gasteiger partial charge in [0.15, 0.2) is 0 Å². The summed E-state index contributed by atoms with van der Waals surface area (Å²) in [5.74, 6) is -5.30. The van der Waals surface area contributed by atoms with Crippen LogP contribution in [0.5, 0.6) is 0 Å². The molecule has 0 saturated carbocycles. The lowest BCUT2D eigenvalue weighted by molar-refractivity contribution is -0.136. The second-order valence-electron chi connectivity index (χ2n) is 16.5. The summed E-state index contributed by atoms with van der Waals surface area (Å²) in [7, 11) is 0. The third kappa shape index (κ3) is 15.9. The normalized spacial score (nSPS) is 14.9. The number of hydroxylamine groups is 1. The minimum absolute atomic E-state index is 0.00344. The van der Waals surface area contributed by atoms with E-state index in [2.05, 4.69) is 46.9 Å². The first-order chi connectivity index (χ1) is 28.8. The number of aliphatic hydroxyl groups excluding tert-OH is 1. The number of carbonyl (C=O) groups is 7. The summed E-state index contributed by atoms with van der Waals surface area (Å²) in [6.45, 7) is 11.6. The predicted octanol–water partition coefficient (Wildman–Crippen LogP) is -0.432. The molecule has 0 bridgehead atoms. The van der Waals surface area contributed by atoms with Crippen molar-refractivity contribution in [2.75, 3.05) is 6.54 Å². The molecule has 7 amide bonds. The summed E-state index contributed by atoms with van der Waals surface area (Å²) >= 11 is 0. The fraction of sp³-hybridized carbons (Fsp3) is 0.561. The third-order valence-electron chi connectivity index (χ3n) is 9.89. The first kappa shape index (κ1) is 49.5. The maximum Gasteiger partial charge on any atom is 0.265 e. The van der Waals surface area contributed by atoms with Gasteiger partial charge in [0.1, 0.15) is 24.2 Å². The van der Waals surface area contributed by atoms with Gasteiger partial charge in [-0.15, -0.1) is 0 Å². The van der Waals surface area contributed by atoms with Crippen LogP contribution in [0.2, 0.25) is 0 Å². The van der Waals surface area contributed by atoms with Gasteiger partial charge in [-0.3, -0.25) is 38.8 Å². The number of aromatic amines is 2. The Kier molecular flexibility index (Phi) is 19.3. The summed E-state index contributed by atoms with van der Waals surface area (Å²) < 4.78 is 0. The molecular weight excluding hydrogens is 791 g/mol. The van der Waals surface area contributed by atoms with Crippen LogP contribution in [-0.4, -0.2) is 116 Å². The van der Waals surface area contributed by atoms with Crippen molar-refractivity contribution in [1.29, 1.82) is 0 Å². The Morgan fingerprint density at radius 2 is 1.41 bits per heavy atom. The predicted molar refractivity (Wildman–Crippen MR) is 225 cm³/mol. The van der Waals surface area contributed by atoms with Crippen LogP contribution in [0.4, 0.5) is 0 Å². The lowest BCUT2D eigenvalue weighted by Crippen LogP contribution is -2.58. The minimum atomic E-state index is -1.40. The average Bonchev–Trinajstić information content (AvgIpc) is 3.87. The number of nitrogens with zero attached hydrogens (tertiary/aromatic N) is 1. The van der Waals surface area contributed by atoms with Gasteiger partial charge in [-0.05, 0) is 55.6 Å². The molecule has 0 aliphatic rings. The Morgan fingerprint density at radius 1 is 0.738 bits per heavy atom. The number of carbonyl (C=O) groups excluding carboxylic acids is 7. The Labute approximate surface area is 355 Å². The summed E-state index contributed by atoms with van der Waals surface area (Å²) in [6.07, 6.45) is 3.41. The third-order valence-corrected chi connectivity index (χ3v) is 9.89. The number of nitrogens with two attached hydrogens (primary N) is 1. The van der Waals surface area contributed by atoms with Crippen LogP contribution < -0.4 is 43.1 Å². The molecule has 3 rings (SSSR count). The number of imidazole rings is 1. The lowest BCUT2D eigenvalue weighted by atomic mass is 9.96. The molecule has 0 saturated heterocycles. The van der Waals surface area contributed by atoms with Crippen molar-refractivity contribution >= 4 is 52.3 Å². The van der Waals surface area contributed by atoms with Crippen molar-refractivity contribution in [3.05, 3.63) is 54.2 Å². The average molecular weight is 854 g/mol. The zero-order valence-electron chi connectivity index (χ0n) is 35.8. The van der Waals surface area contributed by atoms with E-state index in [9.17, 15) is 38.7 Å². The van der Waals surface area contributed by atoms with Crippen molar-refractivity contribution in [3.63, 3.8) is 0 Å². The fourth-order valence-corrected chi connectivity index (χ4v) is 6.65. The highest BCUT2D eigenvalue weighted by Crippen LogP contribution is 2.19. The van der Waals surface area contributed by atoms with Gasteiger partial charge in [0.2, 0.25) is 35.4 Å². The molecule has 0 fully saturated rings. The van der Waals surface area contributed by atoms with Gasteiger partial charge in [-0.25, -0.2) is 10.5 Å². The number of H-pyrrole nitrogens is 2. The highest BCUT2D eigenvalue weighted by atomic mass is 16.5. The number of hydrogen-bond acceptors (Lipinski definition) is 11. The van der Waals surface area contributed by atoms with E-state index in [0.29, 0.717) is 5.69 Å². The zero-order valence-corrected chi connectivity index (χ0v) is 35.8. The first-order valence-electron chi connectivity index (χ1n) is 20.5. The number of hydrogen-bond donors (Lipinski definition) is 12. The van der Waals surface area contributed by atoms with E-state index in [4.69, 9.17) is 10.9 Å². The van der Waals surface area contributed by atoms with Gasteiger partial charge >= 0.3 is 0 Å². The molecule has 2 heterocycles. The molecule has 20 heteroatoms. The molecule has 61 heavy (non-hydrogen) atoms. The van der Waals surface area contributed by atoms with Crippen molar-refractivity contribution in [2.24, 2.45) is 23.5 Å². The standard InChI is InChI=1S/C41H63N11O9/c1-21(2)12-30(33(53)16-34(54)48-31(13-22(3)4)40(59)52-61)50-39(58)32(15-26-18-43-20-46-26)49-35(55)19-45-41(60)36(23(5)6)51-37(56)24(7)47-38(57)28(42)14-25-17-44-29-11-9-8-10-27(25)29/h8-11,17-18,20-24,28,30-33,36,44,53,61H,12-16,19,42H2,1-7H3,(H,43,46)(H,45,60)(H,47,57)(H,48,54)(H,49,55)(H,50,58)(H,51,56)(H,52,59)/t24-,28-,30-,31-,32-,33-,36-/m0/s1. The van der Waals surface area contributed by atoms with Crippen molar-refractivity contribution in [3.8, 4) is 0 Å². The van der Waals surface area contributed by atoms with Gasteiger partial charge in [0.05, 0.1) is 37.5 Å². The maximum atomic E-state index is 13.8. The number of amides is 7. The number of nitrogens with one attached hydrogen (secondary N) is 9. The van der Waals surface area contributed by atoms with Crippen LogP contribution in [0, 0.1) is 17.8 Å². The summed E-state index contributed by atoms with van der Waals surface area (Å²) in [4.78, 5) is 101. The highest BCUT2D eigenvalue weighted by Gasteiger charge is 2.32. The number of aliphatic hydroxyl groups is 1. The number of para-hydroxylation sites is 1. The maximum absolute atomic E-state index is 13.8. The molecule has 0 radical (unpaired) electrons. The highest BCUT2D eigenvalue weighted by molar-refractivity contribution is 5.95. The van der Waals surface area contributed by atoms with Crippen LogP contribution in [0.1, 0.15) is 79.0 Å². The second kappa shape index (κ2) is 23.8. The Morgan fingerprint density at radius 3 is 2.03 bits per heavy atom. The molecule has 1 aromatic carbocycles. The summed E-state index contributed by atoms with van der Waals surface area (Å²) in [6, 6.07) is 1.26. The van der Waals surface area contributed by atoms with Crippen LogP contribution in [-0.2, 0) is 46.4 Å². The molecule has 2 aromatic heterocycles. The van der Waals surface area contributed by atoms with E-state index in [1.165, 1.54) is 24.9 Å². The zero-order chi connectivity index (χ0) is 45.4. The van der Waals surface area contributed by atoms with Gasteiger partial charge in [-0.1, -0.05) is 59.7 Å². The monoisotopic (exact) mass is 853 g/mol. The summed E-state index contributed by atoms with van der Waals surface area (Å²) in [5, 5.41) is 36.8. The number of rotatable bonds is 24. The molecule has 20 nitrogen and oxygen atoms in total. The number of fused-ring (bicyclic) bond motifs is 1. The smallest absolute Gasteiger partial charge is 0.265 e. The largest absolute Gasteiger partial charge is 0.390 e. The van der Waals surface area contributed by atoms with Gasteiger partial charge in [-0.2, -0.15) is 0 Å². The van der Waals surface area contributed by atoms with Crippen LogP contribution in [0.25, 0.3) is 10.9 Å². The quantitative estimate of drug-likeness (QED) is 0.0405. The van der Waals surface area contributed by atoms with E-state index >= 15 is 0 Å². The fourth-order valence-electron chi connectivity index (χ4n) is 6.65. The number of aromatic nitrogens is 3. The minimum Gasteiger partial charge on any atom is -0.390 e. The Hall–Kier alpha value is -5.86. The van der Waals surface area contributed by atoms with E-state index in [1.807, 2.05) is 52.0 Å². The lowest BCUT2D eigenvalue weighted by Gasteiger charge is -2.28. The molecule has 0 spiro atoms. The van der Waals surface area contributed by atoms with Gasteiger partial charge in [0.25, 0.3) is 5.91 Å². The van der Waals surface area contributed by atoms with E-state index in [0.717, 1.165) is 16.5 Å². The van der Waals surface area contributed by atoms with Crippen molar-refractivity contribution in [2.45, 2.75) is 123 Å². The topological polar surface area (TPSA) is 315 Å². The van der Waals surface area contributed by atoms with Crippen LogP contribution >= 0.6 is 0 Å². The van der Waals surface area contributed by atoms with Crippen LogP contribution in [0.15, 0.2) is 43.0 Å². The molecule has 0 unspecified atom stereocenters. The number of benzene rings is 1. The van der Waals surface area contributed by atoms with Gasteiger partial charge in [0, 0.05) is 35.4 Å². The molecule has 0 aliphatic heterocycles. The van der Waals surface area contributed by atoms with E-state index < -0.39 is 103 Å². The van der Waals surface area contributed by atoms with Crippen molar-refractivity contribution < 1.29 is 43.9 Å². The molecule has 336 valence electrons. The summed E-state index contributed by atoms with van der Waals surface area (Å²) in [5.41, 5.74) is 9.96.